The van der Waals surface area contributed by atoms with Crippen LogP contribution in [0.4, 0.5) is 4.39 Å². The fourth-order valence-electron chi connectivity index (χ4n) is 1.72. The van der Waals surface area contributed by atoms with Crippen molar-refractivity contribution in [3.63, 3.8) is 0 Å². The van der Waals surface area contributed by atoms with Gasteiger partial charge < -0.3 is 4.90 Å². The summed E-state index contributed by atoms with van der Waals surface area (Å²) in [5.74, 6) is 0.398. The fourth-order valence-corrected chi connectivity index (χ4v) is 1.72. The van der Waals surface area contributed by atoms with Gasteiger partial charge in [-0.2, -0.15) is 0 Å². The molecule has 2 bridgehead atoms. The molecule has 0 N–H and O–H groups in total. The van der Waals surface area contributed by atoms with Crippen LogP contribution in [0.15, 0.2) is 0 Å². The van der Waals surface area contributed by atoms with Crippen molar-refractivity contribution in [3.05, 3.63) is 0 Å². The number of rotatable bonds is 0. The second-order valence-corrected chi connectivity index (χ2v) is 2.82. The third kappa shape index (κ3) is 0.494. The van der Waals surface area contributed by atoms with Crippen LogP contribution in [0.1, 0.15) is 6.42 Å². The molecule has 0 saturated carbocycles. The molecule has 3 unspecified atom stereocenters. The summed E-state index contributed by atoms with van der Waals surface area (Å²) in [6.45, 7) is 2.89. The van der Waals surface area contributed by atoms with Gasteiger partial charge in [-0.15, -0.1) is 0 Å². The molecule has 0 spiro atoms. The van der Waals surface area contributed by atoms with E-state index in [0.29, 0.717) is 12.5 Å². The molecular weight excluding hydrogens is 105 g/mol. The van der Waals surface area contributed by atoms with E-state index < -0.39 is 6.17 Å². The second-order valence-electron chi connectivity index (χ2n) is 2.82. The number of piperidine rings is 1. The van der Waals surface area contributed by atoms with Gasteiger partial charge in [0.1, 0.15) is 6.17 Å². The van der Waals surface area contributed by atoms with Crippen molar-refractivity contribution in [2.75, 3.05) is 19.6 Å². The number of fused-ring (bicyclic) bond motifs is 2. The van der Waals surface area contributed by atoms with E-state index in [1.54, 1.807) is 0 Å². The first-order chi connectivity index (χ1) is 3.86. The Morgan fingerprint density at radius 2 is 2.25 bits per heavy atom. The van der Waals surface area contributed by atoms with Crippen LogP contribution in [0, 0.1) is 5.92 Å². The maximum Gasteiger partial charge on any atom is 0.117 e. The maximum atomic E-state index is 12.6. The van der Waals surface area contributed by atoms with Crippen LogP contribution in [-0.2, 0) is 0 Å². The van der Waals surface area contributed by atoms with Crippen LogP contribution in [0.2, 0.25) is 0 Å². The van der Waals surface area contributed by atoms with E-state index >= 15 is 0 Å². The Morgan fingerprint density at radius 3 is 2.50 bits per heavy atom. The Kier molecular flexibility index (Phi) is 0.852. The number of halogens is 1. The normalized spacial score (nSPS) is 52.9. The lowest BCUT2D eigenvalue weighted by atomic mass is 10.0. The molecular formula is C6H10FN. The zero-order valence-electron chi connectivity index (χ0n) is 4.81. The van der Waals surface area contributed by atoms with E-state index in [1.807, 2.05) is 0 Å². The summed E-state index contributed by atoms with van der Waals surface area (Å²) < 4.78 is 12.6. The van der Waals surface area contributed by atoms with Gasteiger partial charge in [0.25, 0.3) is 0 Å². The average molecular weight is 115 g/mol. The van der Waals surface area contributed by atoms with Gasteiger partial charge >= 0.3 is 0 Å². The lowest BCUT2D eigenvalue weighted by molar-refractivity contribution is 0.226. The van der Waals surface area contributed by atoms with E-state index in [4.69, 9.17) is 0 Å². The van der Waals surface area contributed by atoms with Crippen molar-refractivity contribution in [2.45, 2.75) is 12.6 Å². The van der Waals surface area contributed by atoms with Gasteiger partial charge in [0, 0.05) is 19.0 Å². The Hall–Kier alpha value is -0.110. The van der Waals surface area contributed by atoms with Crippen molar-refractivity contribution in [1.82, 2.24) is 4.90 Å². The minimum absolute atomic E-state index is 0.398. The predicted molar refractivity (Wildman–Crippen MR) is 29.4 cm³/mol. The maximum absolute atomic E-state index is 12.6. The zero-order valence-corrected chi connectivity index (χ0v) is 4.81. The second kappa shape index (κ2) is 1.44. The topological polar surface area (TPSA) is 3.24 Å². The summed E-state index contributed by atoms with van der Waals surface area (Å²) in [6, 6.07) is 0. The van der Waals surface area contributed by atoms with Crippen molar-refractivity contribution < 1.29 is 4.39 Å². The molecule has 2 aliphatic heterocycles. The molecule has 0 radical (unpaired) electrons. The van der Waals surface area contributed by atoms with Crippen molar-refractivity contribution in [2.24, 2.45) is 5.92 Å². The summed E-state index contributed by atoms with van der Waals surface area (Å²) in [5, 5.41) is 0. The average Bonchev–Trinajstić information content (AvgIpc) is 2.23. The molecule has 2 aliphatic rings. The number of alkyl halides is 1. The van der Waals surface area contributed by atoms with Crippen LogP contribution < -0.4 is 0 Å². The highest BCUT2D eigenvalue weighted by Crippen LogP contribution is 2.29. The first kappa shape index (κ1) is 4.74. The highest BCUT2D eigenvalue weighted by atomic mass is 19.1. The predicted octanol–water partition coefficient (Wildman–Crippen LogP) is 0.660. The Labute approximate surface area is 48.5 Å². The van der Waals surface area contributed by atoms with E-state index in [0.717, 1.165) is 19.5 Å². The number of hydrogen-bond donors (Lipinski definition) is 0. The van der Waals surface area contributed by atoms with Crippen LogP contribution in [0.5, 0.6) is 0 Å². The van der Waals surface area contributed by atoms with Gasteiger partial charge in [-0.3, -0.25) is 0 Å². The largest absolute Gasteiger partial charge is 0.300 e. The van der Waals surface area contributed by atoms with Crippen LogP contribution in [0.3, 0.4) is 0 Å². The minimum atomic E-state index is -0.497. The molecule has 0 aliphatic carbocycles. The summed E-state index contributed by atoms with van der Waals surface area (Å²) in [4.78, 5) is 2.20. The van der Waals surface area contributed by atoms with Crippen LogP contribution >= 0.6 is 0 Å². The standard InChI is InChI=1S/C6H10FN/c7-6-4-8-2-1-5(6)3-8/h5-6H,1-4H2. The quantitative estimate of drug-likeness (QED) is 0.448. The van der Waals surface area contributed by atoms with E-state index in [1.165, 1.54) is 0 Å². The third-order valence-corrected chi connectivity index (χ3v) is 2.25. The summed E-state index contributed by atoms with van der Waals surface area (Å²) in [6.07, 6.45) is 0.602. The van der Waals surface area contributed by atoms with Gasteiger partial charge in [0.2, 0.25) is 0 Å². The fraction of sp³-hybridized carbons (Fsp3) is 1.00. The molecule has 0 amide bonds. The van der Waals surface area contributed by atoms with E-state index in [2.05, 4.69) is 4.90 Å². The first-order valence-electron chi connectivity index (χ1n) is 3.22. The molecule has 0 aromatic rings. The zero-order chi connectivity index (χ0) is 5.56. The highest BCUT2D eigenvalue weighted by Gasteiger charge is 2.37. The Bertz CT molecular complexity index is 103. The monoisotopic (exact) mass is 115 g/mol. The van der Waals surface area contributed by atoms with Crippen molar-refractivity contribution in [1.29, 1.82) is 0 Å². The van der Waals surface area contributed by atoms with Gasteiger partial charge in [-0.25, -0.2) is 4.39 Å². The molecule has 0 aromatic heterocycles. The SMILES string of the molecule is FC1CN2CCC1C2. The molecule has 2 heteroatoms. The van der Waals surface area contributed by atoms with E-state index in [9.17, 15) is 4.39 Å². The van der Waals surface area contributed by atoms with Crippen molar-refractivity contribution >= 4 is 0 Å². The molecule has 3 atom stereocenters. The third-order valence-electron chi connectivity index (χ3n) is 2.25. The first-order valence-corrected chi connectivity index (χ1v) is 3.22. The van der Waals surface area contributed by atoms with Crippen molar-refractivity contribution in [3.8, 4) is 0 Å². The van der Waals surface area contributed by atoms with Gasteiger partial charge in [-0.1, -0.05) is 0 Å². The molecule has 2 fully saturated rings. The summed E-state index contributed by atoms with van der Waals surface area (Å²) >= 11 is 0. The lowest BCUT2D eigenvalue weighted by Crippen LogP contribution is -2.23. The molecule has 2 rings (SSSR count). The Balaban J connectivity index is 2.11. The number of hydrogen-bond acceptors (Lipinski definition) is 1. The molecule has 0 aromatic carbocycles. The van der Waals surface area contributed by atoms with Crippen LogP contribution in [-0.4, -0.2) is 30.7 Å². The molecule has 2 saturated heterocycles. The smallest absolute Gasteiger partial charge is 0.117 e. The molecule has 1 nitrogen and oxygen atoms in total. The highest BCUT2D eigenvalue weighted by molar-refractivity contribution is 4.90. The van der Waals surface area contributed by atoms with Gasteiger partial charge in [0.05, 0.1) is 0 Å². The Morgan fingerprint density at radius 1 is 1.38 bits per heavy atom. The van der Waals surface area contributed by atoms with E-state index in [-0.39, 0.29) is 0 Å². The van der Waals surface area contributed by atoms with Gasteiger partial charge in [-0.05, 0) is 13.0 Å². The van der Waals surface area contributed by atoms with Crippen LogP contribution in [0.25, 0.3) is 0 Å². The summed E-state index contributed by atoms with van der Waals surface area (Å²) in [5.41, 5.74) is 0. The lowest BCUT2D eigenvalue weighted by Gasteiger charge is -2.13. The minimum Gasteiger partial charge on any atom is -0.300 e. The van der Waals surface area contributed by atoms with Gasteiger partial charge in [0.15, 0.2) is 0 Å². The number of nitrogens with zero attached hydrogens (tertiary/aromatic N) is 1. The molecule has 2 heterocycles. The molecule has 46 valence electrons. The summed E-state index contributed by atoms with van der Waals surface area (Å²) in [7, 11) is 0. The molecule has 8 heavy (non-hydrogen) atoms.